The van der Waals surface area contributed by atoms with E-state index in [4.69, 9.17) is 9.47 Å². The SMILES string of the molecule is CN(Cc1ccc(OC2CCOCC2)cc1)Cc1cc(=O)c(O)c[nH]1. The second-order valence-corrected chi connectivity index (χ2v) is 6.45. The molecule has 0 bridgehead atoms. The highest BCUT2D eigenvalue weighted by Gasteiger charge is 2.15. The van der Waals surface area contributed by atoms with E-state index >= 15 is 0 Å². The van der Waals surface area contributed by atoms with Crippen LogP contribution in [0.4, 0.5) is 0 Å². The molecule has 0 unspecified atom stereocenters. The Balaban J connectivity index is 1.53. The van der Waals surface area contributed by atoms with Crippen molar-refractivity contribution in [3.05, 3.63) is 58.0 Å². The normalized spacial score (nSPS) is 15.4. The van der Waals surface area contributed by atoms with Gasteiger partial charge in [-0.25, -0.2) is 0 Å². The zero-order chi connectivity index (χ0) is 17.6. The van der Waals surface area contributed by atoms with Crippen LogP contribution in [0.1, 0.15) is 24.1 Å². The van der Waals surface area contributed by atoms with Crippen LogP contribution in [-0.4, -0.2) is 41.4 Å². The summed E-state index contributed by atoms with van der Waals surface area (Å²) in [5.74, 6) is 0.632. The molecule has 2 aromatic rings. The van der Waals surface area contributed by atoms with E-state index in [9.17, 15) is 9.90 Å². The molecule has 0 radical (unpaired) electrons. The van der Waals surface area contributed by atoms with Crippen LogP contribution in [0.15, 0.2) is 41.3 Å². The number of H-pyrrole nitrogens is 1. The molecule has 0 aliphatic carbocycles. The molecule has 1 aromatic heterocycles. The number of aromatic amines is 1. The smallest absolute Gasteiger partial charge is 0.223 e. The molecular formula is C19H24N2O4. The van der Waals surface area contributed by atoms with Gasteiger partial charge in [-0.1, -0.05) is 12.1 Å². The largest absolute Gasteiger partial charge is 0.503 e. The predicted molar refractivity (Wildman–Crippen MR) is 94.8 cm³/mol. The Hall–Kier alpha value is -2.31. The molecule has 134 valence electrons. The third-order valence-electron chi connectivity index (χ3n) is 4.24. The topological polar surface area (TPSA) is 74.8 Å². The van der Waals surface area contributed by atoms with Gasteiger partial charge in [0.15, 0.2) is 5.75 Å². The summed E-state index contributed by atoms with van der Waals surface area (Å²) in [6.45, 7) is 2.89. The van der Waals surface area contributed by atoms with Gasteiger partial charge in [0.1, 0.15) is 11.9 Å². The summed E-state index contributed by atoms with van der Waals surface area (Å²) in [6, 6.07) is 9.55. The second-order valence-electron chi connectivity index (χ2n) is 6.45. The molecule has 2 N–H and O–H groups in total. The fourth-order valence-electron chi connectivity index (χ4n) is 2.92. The van der Waals surface area contributed by atoms with Crippen LogP contribution in [-0.2, 0) is 17.8 Å². The minimum atomic E-state index is -0.364. The number of hydrogen-bond acceptors (Lipinski definition) is 5. The minimum Gasteiger partial charge on any atom is -0.503 e. The Morgan fingerprint density at radius 3 is 2.64 bits per heavy atom. The highest BCUT2D eigenvalue weighted by Crippen LogP contribution is 2.19. The van der Waals surface area contributed by atoms with Crippen molar-refractivity contribution >= 4 is 0 Å². The predicted octanol–water partition coefficient (Wildman–Crippen LogP) is 2.27. The van der Waals surface area contributed by atoms with Gasteiger partial charge in [-0.05, 0) is 24.7 Å². The van der Waals surface area contributed by atoms with E-state index in [1.807, 2.05) is 19.2 Å². The zero-order valence-corrected chi connectivity index (χ0v) is 14.4. The van der Waals surface area contributed by atoms with Crippen LogP contribution in [0, 0.1) is 0 Å². The summed E-state index contributed by atoms with van der Waals surface area (Å²) in [4.78, 5) is 16.5. The molecule has 1 saturated heterocycles. The van der Waals surface area contributed by atoms with E-state index in [1.54, 1.807) is 0 Å². The van der Waals surface area contributed by atoms with Crippen LogP contribution in [0.5, 0.6) is 11.5 Å². The molecule has 0 spiro atoms. The molecule has 25 heavy (non-hydrogen) atoms. The Morgan fingerprint density at radius 2 is 1.96 bits per heavy atom. The molecule has 1 aromatic carbocycles. The number of hydrogen-bond donors (Lipinski definition) is 2. The third kappa shape index (κ3) is 5.08. The highest BCUT2D eigenvalue weighted by atomic mass is 16.5. The van der Waals surface area contributed by atoms with Crippen LogP contribution < -0.4 is 10.2 Å². The molecule has 0 atom stereocenters. The van der Waals surface area contributed by atoms with Crippen LogP contribution in [0.2, 0.25) is 0 Å². The standard InChI is InChI=1S/C19H24N2O4/c1-21(13-15-10-18(22)19(23)11-20-15)12-14-2-4-16(5-3-14)25-17-6-8-24-9-7-17/h2-5,10-11,17,23H,6-9,12-13H2,1H3,(H,20,22). The number of aromatic hydroxyl groups is 1. The first-order chi connectivity index (χ1) is 12.1. The minimum absolute atomic E-state index is 0.244. The second kappa shape index (κ2) is 8.18. The molecular weight excluding hydrogens is 320 g/mol. The first kappa shape index (κ1) is 17.5. The highest BCUT2D eigenvalue weighted by molar-refractivity contribution is 5.27. The monoisotopic (exact) mass is 344 g/mol. The molecule has 0 amide bonds. The van der Waals surface area contributed by atoms with Gasteiger partial charge in [-0.2, -0.15) is 0 Å². The zero-order valence-electron chi connectivity index (χ0n) is 14.4. The lowest BCUT2D eigenvalue weighted by Gasteiger charge is -2.23. The maximum atomic E-state index is 11.5. The van der Waals surface area contributed by atoms with Gasteiger partial charge in [-0.3, -0.25) is 9.69 Å². The maximum Gasteiger partial charge on any atom is 0.223 e. The summed E-state index contributed by atoms with van der Waals surface area (Å²) >= 11 is 0. The van der Waals surface area contributed by atoms with Crippen molar-refractivity contribution in [2.75, 3.05) is 20.3 Å². The van der Waals surface area contributed by atoms with Crippen LogP contribution in [0.25, 0.3) is 0 Å². The first-order valence-electron chi connectivity index (χ1n) is 8.52. The number of rotatable bonds is 6. The van der Waals surface area contributed by atoms with Crippen molar-refractivity contribution in [1.82, 2.24) is 9.88 Å². The van der Waals surface area contributed by atoms with Crippen molar-refractivity contribution in [3.63, 3.8) is 0 Å². The summed E-state index contributed by atoms with van der Waals surface area (Å²) in [7, 11) is 1.98. The van der Waals surface area contributed by atoms with E-state index in [1.165, 1.54) is 17.8 Å². The van der Waals surface area contributed by atoms with E-state index in [0.717, 1.165) is 44.0 Å². The lowest BCUT2D eigenvalue weighted by Crippen LogP contribution is -2.25. The Morgan fingerprint density at radius 1 is 1.24 bits per heavy atom. The summed E-state index contributed by atoms with van der Waals surface area (Å²) in [5, 5.41) is 9.28. The van der Waals surface area contributed by atoms with E-state index in [-0.39, 0.29) is 17.3 Å². The molecule has 1 aliphatic heterocycles. The number of nitrogens with zero attached hydrogens (tertiary/aromatic N) is 1. The Labute approximate surface area is 147 Å². The molecule has 3 rings (SSSR count). The Kier molecular flexibility index (Phi) is 5.73. The quantitative estimate of drug-likeness (QED) is 0.841. The van der Waals surface area contributed by atoms with Crippen molar-refractivity contribution < 1.29 is 14.6 Å². The third-order valence-corrected chi connectivity index (χ3v) is 4.24. The number of nitrogens with one attached hydrogen (secondary N) is 1. The number of ether oxygens (including phenoxy) is 2. The first-order valence-corrected chi connectivity index (χ1v) is 8.52. The van der Waals surface area contributed by atoms with Crippen molar-refractivity contribution in [1.29, 1.82) is 0 Å². The van der Waals surface area contributed by atoms with Gasteiger partial charge in [0.05, 0.1) is 13.2 Å². The van der Waals surface area contributed by atoms with Crippen LogP contribution >= 0.6 is 0 Å². The summed E-state index contributed by atoms with van der Waals surface area (Å²) < 4.78 is 11.3. The van der Waals surface area contributed by atoms with Crippen molar-refractivity contribution in [2.24, 2.45) is 0 Å². The fourth-order valence-corrected chi connectivity index (χ4v) is 2.92. The molecule has 6 nitrogen and oxygen atoms in total. The molecule has 0 saturated carbocycles. The molecule has 1 aliphatic rings. The molecule has 1 fully saturated rings. The lowest BCUT2D eigenvalue weighted by atomic mass is 10.1. The average molecular weight is 344 g/mol. The summed E-state index contributed by atoms with van der Waals surface area (Å²) in [6.07, 6.45) is 3.45. The fraction of sp³-hybridized carbons (Fsp3) is 0.421. The molecule has 2 heterocycles. The van der Waals surface area contributed by atoms with Gasteiger partial charge in [-0.15, -0.1) is 0 Å². The van der Waals surface area contributed by atoms with Gasteiger partial charge in [0.25, 0.3) is 0 Å². The van der Waals surface area contributed by atoms with E-state index < -0.39 is 0 Å². The van der Waals surface area contributed by atoms with Crippen molar-refractivity contribution in [2.45, 2.75) is 32.0 Å². The van der Waals surface area contributed by atoms with Gasteiger partial charge < -0.3 is 19.6 Å². The van der Waals surface area contributed by atoms with E-state index in [0.29, 0.717) is 6.54 Å². The number of benzene rings is 1. The molecule has 6 heteroatoms. The van der Waals surface area contributed by atoms with Crippen LogP contribution in [0.3, 0.4) is 0 Å². The number of aromatic nitrogens is 1. The Bertz CT molecular complexity index is 736. The summed E-state index contributed by atoms with van der Waals surface area (Å²) in [5.41, 5.74) is 1.57. The van der Waals surface area contributed by atoms with Gasteiger partial charge in [0, 0.05) is 43.9 Å². The van der Waals surface area contributed by atoms with Gasteiger partial charge >= 0.3 is 0 Å². The lowest BCUT2D eigenvalue weighted by molar-refractivity contribution is 0.0255. The maximum absolute atomic E-state index is 11.5. The van der Waals surface area contributed by atoms with Gasteiger partial charge in [0.2, 0.25) is 5.43 Å². The van der Waals surface area contributed by atoms with Crippen molar-refractivity contribution in [3.8, 4) is 11.5 Å². The van der Waals surface area contributed by atoms with E-state index in [2.05, 4.69) is 22.0 Å². The number of pyridine rings is 1. The average Bonchev–Trinajstić information content (AvgIpc) is 2.61.